The summed E-state index contributed by atoms with van der Waals surface area (Å²) in [6, 6.07) is 20.8. The lowest BCUT2D eigenvalue weighted by atomic mass is 9.96. The van der Waals surface area contributed by atoms with Crippen LogP contribution in [0.1, 0.15) is 23.2 Å². The molecule has 1 heterocycles. The molecule has 1 saturated heterocycles. The van der Waals surface area contributed by atoms with Crippen molar-refractivity contribution in [2.45, 2.75) is 12.8 Å². The van der Waals surface area contributed by atoms with Gasteiger partial charge in [0.25, 0.3) is 5.91 Å². The average molecular weight is 393 g/mol. The topological polar surface area (TPSA) is 49.4 Å². The number of anilines is 1. The van der Waals surface area contributed by atoms with E-state index in [0.29, 0.717) is 23.7 Å². The molecule has 0 bridgehead atoms. The SMILES string of the molecule is O=C(Nc1ccc2ccccc2c1)C1CCCN(C(=O)c2ccc(Cl)cc2)C1. The van der Waals surface area contributed by atoms with E-state index >= 15 is 0 Å². The molecule has 0 saturated carbocycles. The Bertz CT molecular complexity index is 1020. The number of hydrogen-bond acceptors (Lipinski definition) is 2. The fourth-order valence-electron chi connectivity index (χ4n) is 3.66. The van der Waals surface area contributed by atoms with Crippen molar-refractivity contribution >= 4 is 39.9 Å². The zero-order valence-electron chi connectivity index (χ0n) is 15.4. The number of likely N-dealkylation sites (tertiary alicyclic amines) is 1. The van der Waals surface area contributed by atoms with Gasteiger partial charge in [0.15, 0.2) is 0 Å². The molecule has 28 heavy (non-hydrogen) atoms. The van der Waals surface area contributed by atoms with E-state index in [1.807, 2.05) is 42.5 Å². The predicted octanol–water partition coefficient (Wildman–Crippen LogP) is 4.98. The zero-order chi connectivity index (χ0) is 19.5. The third-order valence-corrected chi connectivity index (χ3v) is 5.44. The van der Waals surface area contributed by atoms with Crippen molar-refractivity contribution in [3.05, 3.63) is 77.3 Å². The van der Waals surface area contributed by atoms with Gasteiger partial charge >= 0.3 is 0 Å². The first-order valence-electron chi connectivity index (χ1n) is 9.45. The number of nitrogens with one attached hydrogen (secondary N) is 1. The number of fused-ring (bicyclic) bond motifs is 1. The largest absolute Gasteiger partial charge is 0.338 e. The highest BCUT2D eigenvalue weighted by molar-refractivity contribution is 6.30. The van der Waals surface area contributed by atoms with Crippen LogP contribution in [0, 0.1) is 5.92 Å². The van der Waals surface area contributed by atoms with Crippen molar-refractivity contribution in [1.82, 2.24) is 4.90 Å². The predicted molar refractivity (Wildman–Crippen MR) is 113 cm³/mol. The second-order valence-corrected chi connectivity index (χ2v) is 7.58. The van der Waals surface area contributed by atoms with Gasteiger partial charge in [0.1, 0.15) is 0 Å². The van der Waals surface area contributed by atoms with Gasteiger partial charge in [0.2, 0.25) is 5.91 Å². The van der Waals surface area contributed by atoms with Gasteiger partial charge in [-0.25, -0.2) is 0 Å². The molecule has 0 radical (unpaired) electrons. The minimum atomic E-state index is -0.212. The summed E-state index contributed by atoms with van der Waals surface area (Å²) in [6.45, 7) is 1.10. The molecule has 4 nitrogen and oxygen atoms in total. The molecular formula is C23H21ClN2O2. The van der Waals surface area contributed by atoms with Gasteiger partial charge in [-0.2, -0.15) is 0 Å². The highest BCUT2D eigenvalue weighted by Crippen LogP contribution is 2.23. The maximum atomic E-state index is 12.8. The number of carbonyl (C=O) groups excluding carboxylic acids is 2. The fraction of sp³-hybridized carbons (Fsp3) is 0.217. The van der Waals surface area contributed by atoms with Crippen LogP contribution in [-0.2, 0) is 4.79 Å². The summed E-state index contributed by atoms with van der Waals surface area (Å²) in [6.07, 6.45) is 1.60. The molecule has 1 fully saturated rings. The van der Waals surface area contributed by atoms with Gasteiger partial charge in [-0.15, -0.1) is 0 Å². The second-order valence-electron chi connectivity index (χ2n) is 7.15. The first-order valence-corrected chi connectivity index (χ1v) is 9.82. The van der Waals surface area contributed by atoms with Gasteiger partial charge in [-0.3, -0.25) is 9.59 Å². The van der Waals surface area contributed by atoms with E-state index < -0.39 is 0 Å². The molecule has 2 amide bonds. The van der Waals surface area contributed by atoms with E-state index in [1.165, 1.54) is 0 Å². The molecule has 0 aliphatic carbocycles. The summed E-state index contributed by atoms with van der Waals surface area (Å²) in [5.74, 6) is -0.305. The van der Waals surface area contributed by atoms with E-state index in [4.69, 9.17) is 11.6 Å². The summed E-state index contributed by atoms with van der Waals surface area (Å²) < 4.78 is 0. The standard InChI is InChI=1S/C23H21ClN2O2/c24-20-10-7-17(8-11-20)23(28)26-13-3-6-19(15-26)22(27)25-21-12-9-16-4-1-2-5-18(16)14-21/h1-2,4-5,7-12,14,19H,3,6,13,15H2,(H,25,27). The highest BCUT2D eigenvalue weighted by atomic mass is 35.5. The van der Waals surface area contributed by atoms with Crippen molar-refractivity contribution in [3.63, 3.8) is 0 Å². The van der Waals surface area contributed by atoms with Crippen LogP contribution in [0.4, 0.5) is 5.69 Å². The van der Waals surface area contributed by atoms with Gasteiger partial charge < -0.3 is 10.2 Å². The molecule has 1 aliphatic heterocycles. The first-order chi connectivity index (χ1) is 13.6. The van der Waals surface area contributed by atoms with Gasteiger partial charge in [-0.05, 0) is 60.0 Å². The molecule has 3 aromatic carbocycles. The average Bonchev–Trinajstić information content (AvgIpc) is 2.74. The maximum Gasteiger partial charge on any atom is 0.253 e. The van der Waals surface area contributed by atoms with Gasteiger partial charge in [0, 0.05) is 29.4 Å². The normalized spacial score (nSPS) is 16.8. The second kappa shape index (κ2) is 8.03. The van der Waals surface area contributed by atoms with Crippen LogP contribution in [0.3, 0.4) is 0 Å². The smallest absolute Gasteiger partial charge is 0.253 e. The van der Waals surface area contributed by atoms with Crippen molar-refractivity contribution in [3.8, 4) is 0 Å². The summed E-state index contributed by atoms with van der Waals surface area (Å²) in [4.78, 5) is 27.3. The van der Waals surface area contributed by atoms with E-state index in [9.17, 15) is 9.59 Å². The molecule has 1 atom stereocenters. The minimum Gasteiger partial charge on any atom is -0.338 e. The van der Waals surface area contributed by atoms with Crippen LogP contribution in [0.2, 0.25) is 5.02 Å². The summed E-state index contributed by atoms with van der Waals surface area (Å²) in [5.41, 5.74) is 1.38. The lowest BCUT2D eigenvalue weighted by Crippen LogP contribution is -2.43. The van der Waals surface area contributed by atoms with Crippen molar-refractivity contribution in [2.75, 3.05) is 18.4 Å². The number of amides is 2. The Balaban J connectivity index is 1.43. The molecule has 1 unspecified atom stereocenters. The maximum absolute atomic E-state index is 12.8. The number of halogens is 1. The Labute approximate surface area is 169 Å². The molecule has 142 valence electrons. The monoisotopic (exact) mass is 392 g/mol. The zero-order valence-corrected chi connectivity index (χ0v) is 16.2. The fourth-order valence-corrected chi connectivity index (χ4v) is 3.79. The highest BCUT2D eigenvalue weighted by Gasteiger charge is 2.29. The van der Waals surface area contributed by atoms with Crippen LogP contribution in [0.15, 0.2) is 66.7 Å². The number of carbonyl (C=O) groups is 2. The molecule has 5 heteroatoms. The first kappa shape index (κ1) is 18.5. The molecule has 3 aromatic rings. The molecule has 1 N–H and O–H groups in total. The van der Waals surface area contributed by atoms with E-state index in [2.05, 4.69) is 5.32 Å². The number of nitrogens with zero attached hydrogens (tertiary/aromatic N) is 1. The van der Waals surface area contributed by atoms with Crippen LogP contribution < -0.4 is 5.32 Å². The minimum absolute atomic E-state index is 0.0381. The molecule has 4 rings (SSSR count). The Morgan fingerprint density at radius 2 is 1.71 bits per heavy atom. The van der Waals surface area contributed by atoms with Crippen molar-refractivity contribution < 1.29 is 9.59 Å². The lowest BCUT2D eigenvalue weighted by molar-refractivity contribution is -0.121. The quantitative estimate of drug-likeness (QED) is 0.683. The molecule has 0 aromatic heterocycles. The summed E-state index contributed by atoms with van der Waals surface area (Å²) in [7, 11) is 0. The summed E-state index contributed by atoms with van der Waals surface area (Å²) >= 11 is 5.90. The number of benzene rings is 3. The Morgan fingerprint density at radius 1 is 0.964 bits per heavy atom. The van der Waals surface area contributed by atoms with Crippen LogP contribution in [0.5, 0.6) is 0 Å². The Kier molecular flexibility index (Phi) is 5.31. The van der Waals surface area contributed by atoms with Gasteiger partial charge in [-0.1, -0.05) is 41.9 Å². The van der Waals surface area contributed by atoms with Crippen LogP contribution >= 0.6 is 11.6 Å². The summed E-state index contributed by atoms with van der Waals surface area (Å²) in [5, 5.41) is 5.84. The van der Waals surface area contributed by atoms with Crippen molar-refractivity contribution in [1.29, 1.82) is 0 Å². The lowest BCUT2D eigenvalue weighted by Gasteiger charge is -2.32. The van der Waals surface area contributed by atoms with E-state index in [0.717, 1.165) is 29.3 Å². The molecule has 0 spiro atoms. The third kappa shape index (κ3) is 4.02. The number of hydrogen-bond donors (Lipinski definition) is 1. The Morgan fingerprint density at radius 3 is 2.50 bits per heavy atom. The Hall–Kier alpha value is -2.85. The number of piperidine rings is 1. The third-order valence-electron chi connectivity index (χ3n) is 5.19. The van der Waals surface area contributed by atoms with Crippen molar-refractivity contribution in [2.24, 2.45) is 5.92 Å². The van der Waals surface area contributed by atoms with E-state index in [1.54, 1.807) is 29.2 Å². The van der Waals surface area contributed by atoms with Crippen LogP contribution in [-0.4, -0.2) is 29.8 Å². The molecular weight excluding hydrogens is 372 g/mol. The number of rotatable bonds is 3. The van der Waals surface area contributed by atoms with Crippen LogP contribution in [0.25, 0.3) is 10.8 Å². The van der Waals surface area contributed by atoms with Gasteiger partial charge in [0.05, 0.1) is 5.92 Å². The van der Waals surface area contributed by atoms with E-state index in [-0.39, 0.29) is 17.7 Å². The molecule has 1 aliphatic rings.